The van der Waals surface area contributed by atoms with E-state index in [1.807, 2.05) is 0 Å². The highest BCUT2D eigenvalue weighted by atomic mass is 35.5. The first-order chi connectivity index (χ1) is 9.87. The van der Waals surface area contributed by atoms with E-state index in [1.54, 1.807) is 41.5 Å². The number of ether oxygens (including phenoxy) is 2. The molecule has 0 bridgehead atoms. The molecule has 0 aromatic carbocycles. The monoisotopic (exact) mass is 328 g/mol. The van der Waals surface area contributed by atoms with Crippen LogP contribution in [0.4, 0.5) is 10.5 Å². The molecule has 0 saturated heterocycles. The summed E-state index contributed by atoms with van der Waals surface area (Å²) >= 11 is 5.82. The van der Waals surface area contributed by atoms with Crippen LogP contribution in [0.1, 0.15) is 51.9 Å². The van der Waals surface area contributed by atoms with Crippen molar-refractivity contribution in [1.29, 1.82) is 0 Å². The third kappa shape index (κ3) is 6.30. The average molecular weight is 329 g/mol. The fraction of sp³-hybridized carbons (Fsp3) is 0.533. The Labute approximate surface area is 135 Å². The number of aromatic nitrogens is 1. The molecule has 1 heterocycles. The SMILES string of the molecule is CC(C)(C)OC(=O)Nc1cc(Cl)ncc1C(=O)OC(C)(C)C. The van der Waals surface area contributed by atoms with Gasteiger partial charge in [0, 0.05) is 12.3 Å². The Balaban J connectivity index is 3.01. The third-order valence-corrected chi connectivity index (χ3v) is 2.33. The smallest absolute Gasteiger partial charge is 0.412 e. The van der Waals surface area contributed by atoms with Crippen LogP contribution in [-0.4, -0.2) is 28.2 Å². The lowest BCUT2D eigenvalue weighted by molar-refractivity contribution is 0.00703. The van der Waals surface area contributed by atoms with Crippen LogP contribution in [0.15, 0.2) is 12.3 Å². The number of carbonyl (C=O) groups excluding carboxylic acids is 2. The maximum atomic E-state index is 12.2. The van der Waals surface area contributed by atoms with Crippen LogP contribution < -0.4 is 5.32 Å². The largest absolute Gasteiger partial charge is 0.456 e. The van der Waals surface area contributed by atoms with Crippen LogP contribution >= 0.6 is 11.6 Å². The minimum Gasteiger partial charge on any atom is -0.456 e. The number of anilines is 1. The van der Waals surface area contributed by atoms with Crippen LogP contribution in [0.3, 0.4) is 0 Å². The van der Waals surface area contributed by atoms with E-state index in [2.05, 4.69) is 10.3 Å². The molecule has 0 aliphatic heterocycles. The van der Waals surface area contributed by atoms with Crippen LogP contribution in [0.25, 0.3) is 0 Å². The molecule has 0 aliphatic carbocycles. The highest BCUT2D eigenvalue weighted by Gasteiger charge is 2.23. The lowest BCUT2D eigenvalue weighted by Gasteiger charge is -2.22. The first-order valence-electron chi connectivity index (χ1n) is 6.76. The number of pyridine rings is 1. The minimum absolute atomic E-state index is 0.102. The van der Waals surface area contributed by atoms with Crippen LogP contribution in [-0.2, 0) is 9.47 Å². The number of hydrogen-bond donors (Lipinski definition) is 1. The summed E-state index contributed by atoms with van der Waals surface area (Å²) in [5, 5.41) is 2.63. The summed E-state index contributed by atoms with van der Waals surface area (Å²) in [6.07, 6.45) is 0.558. The molecule has 0 unspecified atom stereocenters. The lowest BCUT2D eigenvalue weighted by Crippen LogP contribution is -2.28. The predicted octanol–water partition coefficient (Wildman–Crippen LogP) is 4.04. The van der Waals surface area contributed by atoms with Gasteiger partial charge in [0.2, 0.25) is 0 Å². The molecule has 0 saturated carbocycles. The number of rotatable bonds is 2. The summed E-state index contributed by atoms with van der Waals surface area (Å²) in [7, 11) is 0. The summed E-state index contributed by atoms with van der Waals surface area (Å²) < 4.78 is 10.4. The van der Waals surface area contributed by atoms with Gasteiger partial charge in [0.1, 0.15) is 21.9 Å². The van der Waals surface area contributed by atoms with E-state index in [-0.39, 0.29) is 16.4 Å². The Morgan fingerprint density at radius 3 is 2.14 bits per heavy atom. The highest BCUT2D eigenvalue weighted by Crippen LogP contribution is 2.22. The molecule has 0 aliphatic rings. The second-order valence-corrected chi connectivity index (χ2v) is 7.07. The van der Waals surface area contributed by atoms with Crippen LogP contribution in [0.5, 0.6) is 0 Å². The topological polar surface area (TPSA) is 77.5 Å². The Morgan fingerprint density at radius 1 is 1.09 bits per heavy atom. The molecule has 1 amide bonds. The molecule has 7 heteroatoms. The van der Waals surface area contributed by atoms with Gasteiger partial charge in [-0.3, -0.25) is 5.32 Å². The zero-order chi connectivity index (χ0) is 17.1. The lowest BCUT2D eigenvalue weighted by atomic mass is 10.2. The van der Waals surface area contributed by atoms with Gasteiger partial charge in [0.25, 0.3) is 0 Å². The highest BCUT2D eigenvalue weighted by molar-refractivity contribution is 6.29. The van der Waals surface area contributed by atoms with Gasteiger partial charge in [-0.15, -0.1) is 0 Å². The van der Waals surface area contributed by atoms with Crippen LogP contribution in [0, 0.1) is 0 Å². The van der Waals surface area contributed by atoms with Crippen molar-refractivity contribution in [2.75, 3.05) is 5.32 Å². The normalized spacial score (nSPS) is 11.8. The molecule has 6 nitrogen and oxygen atoms in total. The minimum atomic E-state index is -0.695. The molecular weight excluding hydrogens is 308 g/mol. The molecular formula is C15H21ClN2O4. The number of esters is 1. The average Bonchev–Trinajstić information content (AvgIpc) is 2.23. The van der Waals surface area contributed by atoms with E-state index in [0.717, 1.165) is 0 Å². The van der Waals surface area contributed by atoms with Crippen molar-refractivity contribution in [3.8, 4) is 0 Å². The van der Waals surface area contributed by atoms with E-state index in [4.69, 9.17) is 21.1 Å². The van der Waals surface area contributed by atoms with Gasteiger partial charge in [-0.2, -0.15) is 0 Å². The Morgan fingerprint density at radius 2 is 1.64 bits per heavy atom. The number of hydrogen-bond acceptors (Lipinski definition) is 5. The maximum Gasteiger partial charge on any atom is 0.412 e. The van der Waals surface area contributed by atoms with E-state index in [9.17, 15) is 9.59 Å². The zero-order valence-electron chi connectivity index (χ0n) is 13.6. The van der Waals surface area contributed by atoms with Gasteiger partial charge in [0.15, 0.2) is 0 Å². The molecule has 1 aromatic heterocycles. The van der Waals surface area contributed by atoms with Crippen molar-refractivity contribution in [3.63, 3.8) is 0 Å². The molecule has 0 fully saturated rings. The molecule has 1 rings (SSSR count). The van der Waals surface area contributed by atoms with Gasteiger partial charge in [-0.25, -0.2) is 14.6 Å². The zero-order valence-corrected chi connectivity index (χ0v) is 14.4. The predicted molar refractivity (Wildman–Crippen MR) is 84.3 cm³/mol. The molecule has 1 aromatic rings. The first-order valence-corrected chi connectivity index (χ1v) is 7.14. The summed E-state index contributed by atoms with van der Waals surface area (Å²) in [4.78, 5) is 27.9. The number of halogens is 1. The number of amides is 1. The molecule has 22 heavy (non-hydrogen) atoms. The van der Waals surface area contributed by atoms with E-state index in [1.165, 1.54) is 12.3 Å². The van der Waals surface area contributed by atoms with Gasteiger partial charge in [-0.1, -0.05) is 11.6 Å². The number of carbonyl (C=O) groups is 2. The van der Waals surface area contributed by atoms with Crippen molar-refractivity contribution in [2.24, 2.45) is 0 Å². The van der Waals surface area contributed by atoms with Gasteiger partial charge < -0.3 is 9.47 Å². The molecule has 0 atom stereocenters. The van der Waals surface area contributed by atoms with Gasteiger partial charge in [-0.05, 0) is 41.5 Å². The Hall–Kier alpha value is -1.82. The van der Waals surface area contributed by atoms with Gasteiger partial charge in [0.05, 0.1) is 5.69 Å². The van der Waals surface area contributed by atoms with Crippen molar-refractivity contribution in [2.45, 2.75) is 52.7 Å². The first kappa shape index (κ1) is 18.2. The number of nitrogens with one attached hydrogen (secondary N) is 1. The van der Waals surface area contributed by atoms with Gasteiger partial charge >= 0.3 is 12.1 Å². The van der Waals surface area contributed by atoms with Crippen molar-refractivity contribution in [3.05, 3.63) is 23.0 Å². The number of nitrogens with zero attached hydrogens (tertiary/aromatic N) is 1. The van der Waals surface area contributed by atoms with E-state index >= 15 is 0 Å². The summed E-state index contributed by atoms with van der Waals surface area (Å²) in [6, 6.07) is 1.37. The standard InChI is InChI=1S/C15H21ClN2O4/c1-14(2,3)21-12(19)9-8-17-11(16)7-10(9)18-13(20)22-15(4,5)6/h7-8H,1-6H3,(H,17,18,20). The summed E-state index contributed by atoms with van der Waals surface area (Å²) in [5.74, 6) is -0.609. The molecule has 0 spiro atoms. The second kappa shape index (κ2) is 6.52. The van der Waals surface area contributed by atoms with Crippen molar-refractivity contribution >= 4 is 29.4 Å². The fourth-order valence-corrected chi connectivity index (χ4v) is 1.60. The van der Waals surface area contributed by atoms with Crippen molar-refractivity contribution in [1.82, 2.24) is 4.98 Å². The molecule has 122 valence electrons. The Bertz CT molecular complexity index is 574. The third-order valence-electron chi connectivity index (χ3n) is 2.13. The maximum absolute atomic E-state index is 12.2. The summed E-state index contributed by atoms with van der Waals surface area (Å²) in [5.41, 5.74) is -1.04. The Kier molecular flexibility index (Phi) is 5.40. The molecule has 1 N–H and O–H groups in total. The summed E-state index contributed by atoms with van der Waals surface area (Å²) in [6.45, 7) is 10.4. The van der Waals surface area contributed by atoms with Crippen LogP contribution in [0.2, 0.25) is 5.15 Å². The molecule has 0 radical (unpaired) electrons. The van der Waals surface area contributed by atoms with E-state index < -0.39 is 23.3 Å². The van der Waals surface area contributed by atoms with E-state index in [0.29, 0.717) is 0 Å². The second-order valence-electron chi connectivity index (χ2n) is 6.68. The van der Waals surface area contributed by atoms with Crippen molar-refractivity contribution < 1.29 is 19.1 Å². The quantitative estimate of drug-likeness (QED) is 0.655. The fourth-order valence-electron chi connectivity index (χ4n) is 1.44.